The van der Waals surface area contributed by atoms with Gasteiger partial charge in [-0.2, -0.15) is 4.31 Å². The Morgan fingerprint density at radius 3 is 2.34 bits per heavy atom. The van der Waals surface area contributed by atoms with Gasteiger partial charge in [0.15, 0.2) is 0 Å². The Labute approximate surface area is 173 Å². The highest BCUT2D eigenvalue weighted by molar-refractivity contribution is 7.89. The molecule has 10 heteroatoms. The standard InChI is InChI=1S/C19H19ClN4O4S/c1-23(12-17-21-22-19(28-17)14-6-4-3-5-7-14)18(25)13-24(2)29(26,27)16-10-8-15(20)9-11-16/h3-11H,12-13H2,1-2H3. The van der Waals surface area contributed by atoms with Crippen LogP contribution in [0.15, 0.2) is 63.9 Å². The van der Waals surface area contributed by atoms with Crippen molar-refractivity contribution < 1.29 is 17.6 Å². The number of rotatable bonds is 7. The van der Waals surface area contributed by atoms with Crippen molar-refractivity contribution in [2.75, 3.05) is 20.6 Å². The Bertz CT molecular complexity index is 1080. The van der Waals surface area contributed by atoms with Crippen molar-refractivity contribution in [3.05, 3.63) is 65.5 Å². The number of carbonyl (C=O) groups excluding carboxylic acids is 1. The number of hydrogen-bond donors (Lipinski definition) is 0. The molecule has 0 fully saturated rings. The molecule has 1 aromatic heterocycles. The molecule has 0 aliphatic rings. The molecule has 3 aromatic rings. The van der Waals surface area contributed by atoms with Crippen molar-refractivity contribution >= 4 is 27.5 Å². The minimum Gasteiger partial charge on any atom is -0.419 e. The number of aromatic nitrogens is 2. The first-order chi connectivity index (χ1) is 13.8. The number of hydrogen-bond acceptors (Lipinski definition) is 6. The van der Waals surface area contributed by atoms with E-state index < -0.39 is 15.9 Å². The molecule has 1 heterocycles. The minimum absolute atomic E-state index is 0.0595. The van der Waals surface area contributed by atoms with Crippen LogP contribution in [0.1, 0.15) is 5.89 Å². The molecular formula is C19H19ClN4O4S. The second-order valence-electron chi connectivity index (χ2n) is 6.33. The monoisotopic (exact) mass is 434 g/mol. The summed E-state index contributed by atoms with van der Waals surface area (Å²) in [7, 11) is -0.931. The molecule has 152 valence electrons. The van der Waals surface area contributed by atoms with Gasteiger partial charge in [0.2, 0.25) is 27.7 Å². The van der Waals surface area contributed by atoms with E-state index in [4.69, 9.17) is 16.0 Å². The van der Waals surface area contributed by atoms with E-state index in [2.05, 4.69) is 10.2 Å². The van der Waals surface area contributed by atoms with E-state index in [1.807, 2.05) is 30.3 Å². The van der Waals surface area contributed by atoms with E-state index in [0.29, 0.717) is 10.9 Å². The van der Waals surface area contributed by atoms with Gasteiger partial charge in [-0.1, -0.05) is 29.8 Å². The van der Waals surface area contributed by atoms with Crippen LogP contribution < -0.4 is 0 Å². The molecule has 0 spiro atoms. The largest absolute Gasteiger partial charge is 0.419 e. The van der Waals surface area contributed by atoms with Gasteiger partial charge in [-0.3, -0.25) is 4.79 Å². The zero-order valence-electron chi connectivity index (χ0n) is 15.8. The molecule has 0 saturated carbocycles. The summed E-state index contributed by atoms with van der Waals surface area (Å²) in [5.41, 5.74) is 0.772. The average Bonchev–Trinajstić information content (AvgIpc) is 3.17. The summed E-state index contributed by atoms with van der Waals surface area (Å²) in [4.78, 5) is 13.9. The molecule has 29 heavy (non-hydrogen) atoms. The predicted octanol–water partition coefficient (Wildman–Crippen LogP) is 2.67. The maximum atomic E-state index is 12.6. The third-order valence-electron chi connectivity index (χ3n) is 4.17. The van der Waals surface area contributed by atoms with E-state index in [-0.39, 0.29) is 23.9 Å². The van der Waals surface area contributed by atoms with E-state index in [1.54, 1.807) is 0 Å². The van der Waals surface area contributed by atoms with Crippen molar-refractivity contribution in [3.8, 4) is 11.5 Å². The van der Waals surface area contributed by atoms with E-state index >= 15 is 0 Å². The van der Waals surface area contributed by atoms with Crippen LogP contribution in [0.5, 0.6) is 0 Å². The summed E-state index contributed by atoms with van der Waals surface area (Å²) in [5.74, 6) is 0.191. The van der Waals surface area contributed by atoms with Crippen LogP contribution in [0.25, 0.3) is 11.5 Å². The number of amides is 1. The predicted molar refractivity (Wildman–Crippen MR) is 107 cm³/mol. The highest BCUT2D eigenvalue weighted by atomic mass is 35.5. The van der Waals surface area contributed by atoms with Crippen molar-refractivity contribution in [2.24, 2.45) is 0 Å². The van der Waals surface area contributed by atoms with Gasteiger partial charge in [0.25, 0.3) is 0 Å². The Kier molecular flexibility index (Phi) is 6.31. The lowest BCUT2D eigenvalue weighted by atomic mass is 10.2. The molecule has 0 unspecified atom stereocenters. The van der Waals surface area contributed by atoms with Gasteiger partial charge in [0.1, 0.15) is 0 Å². The molecule has 0 bridgehead atoms. The fraction of sp³-hybridized carbons (Fsp3) is 0.211. The normalized spacial score (nSPS) is 11.6. The van der Waals surface area contributed by atoms with Gasteiger partial charge in [-0.25, -0.2) is 8.42 Å². The number of carbonyl (C=O) groups is 1. The average molecular weight is 435 g/mol. The number of nitrogens with zero attached hydrogens (tertiary/aromatic N) is 4. The quantitative estimate of drug-likeness (QED) is 0.567. The smallest absolute Gasteiger partial charge is 0.247 e. The van der Waals surface area contributed by atoms with Gasteiger partial charge in [0.05, 0.1) is 18.0 Å². The van der Waals surface area contributed by atoms with E-state index in [1.165, 1.54) is 43.3 Å². The lowest BCUT2D eigenvalue weighted by molar-refractivity contribution is -0.130. The van der Waals surface area contributed by atoms with Crippen LogP contribution in [-0.4, -0.2) is 54.4 Å². The lowest BCUT2D eigenvalue weighted by Crippen LogP contribution is -2.39. The molecular weight excluding hydrogens is 416 g/mol. The Morgan fingerprint density at radius 1 is 1.03 bits per heavy atom. The molecule has 3 rings (SSSR count). The molecule has 0 radical (unpaired) electrons. The number of likely N-dealkylation sites (N-methyl/N-ethyl adjacent to an activating group) is 2. The Hall–Kier alpha value is -2.75. The Balaban J connectivity index is 1.63. The second-order valence-corrected chi connectivity index (χ2v) is 8.81. The maximum Gasteiger partial charge on any atom is 0.247 e. The summed E-state index contributed by atoms with van der Waals surface area (Å²) < 4.78 is 31.7. The maximum absolute atomic E-state index is 12.6. The SMILES string of the molecule is CN(Cc1nnc(-c2ccccc2)o1)C(=O)CN(C)S(=O)(=O)c1ccc(Cl)cc1. The zero-order chi connectivity index (χ0) is 21.0. The zero-order valence-corrected chi connectivity index (χ0v) is 17.4. The summed E-state index contributed by atoms with van der Waals surface area (Å²) in [6.45, 7) is -0.269. The molecule has 2 aromatic carbocycles. The first-order valence-electron chi connectivity index (χ1n) is 8.61. The van der Waals surface area contributed by atoms with Gasteiger partial charge in [0, 0.05) is 24.7 Å². The summed E-state index contributed by atoms with van der Waals surface area (Å²) in [5, 5.41) is 8.35. The first kappa shape index (κ1) is 21.0. The fourth-order valence-corrected chi connectivity index (χ4v) is 3.73. The van der Waals surface area contributed by atoms with Crippen LogP contribution in [0, 0.1) is 0 Å². The summed E-state index contributed by atoms with van der Waals surface area (Å²) >= 11 is 5.80. The van der Waals surface area contributed by atoms with Gasteiger partial charge >= 0.3 is 0 Å². The number of sulfonamides is 1. The number of halogens is 1. The van der Waals surface area contributed by atoms with Gasteiger partial charge in [-0.15, -0.1) is 10.2 Å². The van der Waals surface area contributed by atoms with Crippen molar-refractivity contribution in [1.82, 2.24) is 19.4 Å². The van der Waals surface area contributed by atoms with Gasteiger partial charge < -0.3 is 9.32 Å². The van der Waals surface area contributed by atoms with Crippen LogP contribution >= 0.6 is 11.6 Å². The van der Waals surface area contributed by atoms with Crippen LogP contribution in [-0.2, 0) is 21.4 Å². The molecule has 1 amide bonds. The van der Waals surface area contributed by atoms with Crippen molar-refractivity contribution in [2.45, 2.75) is 11.4 Å². The van der Waals surface area contributed by atoms with Gasteiger partial charge in [-0.05, 0) is 36.4 Å². The summed E-state index contributed by atoms with van der Waals surface area (Å²) in [6.07, 6.45) is 0. The van der Waals surface area contributed by atoms with Crippen molar-refractivity contribution in [3.63, 3.8) is 0 Å². The van der Waals surface area contributed by atoms with Crippen molar-refractivity contribution in [1.29, 1.82) is 0 Å². The van der Waals surface area contributed by atoms with Crippen LogP contribution in [0.2, 0.25) is 5.02 Å². The topological polar surface area (TPSA) is 96.6 Å². The molecule has 0 N–H and O–H groups in total. The molecule has 0 atom stereocenters. The molecule has 0 aliphatic heterocycles. The lowest BCUT2D eigenvalue weighted by Gasteiger charge is -2.20. The molecule has 0 saturated heterocycles. The highest BCUT2D eigenvalue weighted by Crippen LogP contribution is 2.19. The minimum atomic E-state index is -3.81. The highest BCUT2D eigenvalue weighted by Gasteiger charge is 2.25. The van der Waals surface area contributed by atoms with E-state index in [0.717, 1.165) is 9.87 Å². The Morgan fingerprint density at radius 2 is 1.69 bits per heavy atom. The second kappa shape index (κ2) is 8.73. The molecule has 0 aliphatic carbocycles. The first-order valence-corrected chi connectivity index (χ1v) is 10.4. The third kappa shape index (κ3) is 5.00. The van der Waals surface area contributed by atoms with Crippen LogP contribution in [0.4, 0.5) is 0 Å². The summed E-state index contributed by atoms with van der Waals surface area (Å²) in [6, 6.07) is 15.0. The van der Waals surface area contributed by atoms with Crippen LogP contribution in [0.3, 0.4) is 0 Å². The number of benzene rings is 2. The fourth-order valence-electron chi connectivity index (χ4n) is 2.49. The van der Waals surface area contributed by atoms with E-state index in [9.17, 15) is 13.2 Å². The molecule has 8 nitrogen and oxygen atoms in total. The third-order valence-corrected chi connectivity index (χ3v) is 6.24.